The van der Waals surface area contributed by atoms with E-state index < -0.39 is 5.82 Å². The van der Waals surface area contributed by atoms with Crippen LogP contribution >= 0.6 is 35.2 Å². The van der Waals surface area contributed by atoms with Crippen LogP contribution in [0.15, 0.2) is 35.7 Å². The van der Waals surface area contributed by atoms with Crippen molar-refractivity contribution < 1.29 is 4.39 Å². The number of hydrogen-bond donors (Lipinski definition) is 2. The lowest BCUT2D eigenvalue weighted by atomic mass is 10.3. The molecule has 0 unspecified atom stereocenters. The van der Waals surface area contributed by atoms with Gasteiger partial charge in [-0.3, -0.25) is 0 Å². The zero-order chi connectivity index (χ0) is 13.0. The van der Waals surface area contributed by atoms with Gasteiger partial charge in [0.05, 0.1) is 11.6 Å². The van der Waals surface area contributed by atoms with Crippen molar-refractivity contribution in [3.05, 3.63) is 51.4 Å². The topological polar surface area (TPSA) is 24.1 Å². The third-order valence-corrected chi connectivity index (χ3v) is 3.59. The number of hydrogen-bond acceptors (Lipinski definition) is 2. The predicted octanol–water partition coefficient (Wildman–Crippen LogP) is 4.03. The molecule has 0 aliphatic carbocycles. The Balaban J connectivity index is 1.88. The van der Waals surface area contributed by atoms with Crippen LogP contribution in [0.5, 0.6) is 0 Å². The fraction of sp³-hybridized carbons (Fsp3) is 0.0833. The Morgan fingerprint density at radius 2 is 2.22 bits per heavy atom. The van der Waals surface area contributed by atoms with E-state index in [4.69, 9.17) is 23.8 Å². The van der Waals surface area contributed by atoms with Crippen LogP contribution in [0, 0.1) is 5.82 Å². The number of thiophene rings is 1. The van der Waals surface area contributed by atoms with Crippen molar-refractivity contribution in [1.29, 1.82) is 0 Å². The summed E-state index contributed by atoms with van der Waals surface area (Å²) in [5, 5.41) is 8.56. The second kappa shape index (κ2) is 6.13. The molecule has 1 heterocycles. The molecule has 1 aromatic carbocycles. The SMILES string of the molecule is Fc1ccc(NC(=S)NCc2cccs2)cc1Cl. The maximum atomic E-state index is 13.0. The predicted molar refractivity (Wildman–Crippen MR) is 78.8 cm³/mol. The summed E-state index contributed by atoms with van der Waals surface area (Å²) in [5.41, 5.74) is 0.657. The fourth-order valence-electron chi connectivity index (χ4n) is 1.33. The van der Waals surface area contributed by atoms with Gasteiger partial charge in [0.15, 0.2) is 5.11 Å². The molecule has 2 N–H and O–H groups in total. The van der Waals surface area contributed by atoms with Crippen molar-refractivity contribution in [3.63, 3.8) is 0 Å². The summed E-state index contributed by atoms with van der Waals surface area (Å²) in [5.74, 6) is -0.445. The third-order valence-electron chi connectivity index (χ3n) is 2.18. The average molecular weight is 301 g/mol. The molecule has 2 rings (SSSR count). The fourth-order valence-corrected chi connectivity index (χ4v) is 2.34. The van der Waals surface area contributed by atoms with Gasteiger partial charge in [0, 0.05) is 10.6 Å². The van der Waals surface area contributed by atoms with E-state index in [0.29, 0.717) is 17.3 Å². The Morgan fingerprint density at radius 3 is 2.89 bits per heavy atom. The smallest absolute Gasteiger partial charge is 0.171 e. The highest BCUT2D eigenvalue weighted by Gasteiger charge is 2.02. The van der Waals surface area contributed by atoms with Crippen molar-refractivity contribution in [2.75, 3.05) is 5.32 Å². The van der Waals surface area contributed by atoms with E-state index in [-0.39, 0.29) is 5.02 Å². The summed E-state index contributed by atoms with van der Waals surface area (Å²) in [6.45, 7) is 0.665. The number of anilines is 1. The van der Waals surface area contributed by atoms with Gasteiger partial charge in [-0.1, -0.05) is 17.7 Å². The third kappa shape index (κ3) is 3.66. The van der Waals surface area contributed by atoms with Crippen LogP contribution < -0.4 is 10.6 Å². The van der Waals surface area contributed by atoms with Crippen LogP contribution in [-0.2, 0) is 6.54 Å². The quantitative estimate of drug-likeness (QED) is 0.837. The highest BCUT2D eigenvalue weighted by Crippen LogP contribution is 2.19. The Labute approximate surface area is 119 Å². The Morgan fingerprint density at radius 1 is 1.39 bits per heavy atom. The zero-order valence-corrected chi connectivity index (χ0v) is 11.6. The van der Waals surface area contributed by atoms with Crippen LogP contribution in [-0.4, -0.2) is 5.11 Å². The minimum atomic E-state index is -0.445. The molecule has 94 valence electrons. The monoisotopic (exact) mass is 300 g/mol. The minimum absolute atomic E-state index is 0.0704. The van der Waals surface area contributed by atoms with Gasteiger partial charge >= 0.3 is 0 Å². The Bertz CT molecular complexity index is 543. The van der Waals surface area contributed by atoms with E-state index in [9.17, 15) is 4.39 Å². The van der Waals surface area contributed by atoms with Gasteiger partial charge in [0.1, 0.15) is 5.82 Å². The highest BCUT2D eigenvalue weighted by atomic mass is 35.5. The summed E-state index contributed by atoms with van der Waals surface area (Å²) in [4.78, 5) is 1.19. The standard InChI is InChI=1S/C12H10ClFN2S2/c13-10-6-8(3-4-11(10)14)16-12(17)15-7-9-2-1-5-18-9/h1-6H,7H2,(H2,15,16,17). The molecule has 0 aliphatic rings. The maximum absolute atomic E-state index is 13.0. The summed E-state index contributed by atoms with van der Waals surface area (Å²) in [7, 11) is 0. The van der Waals surface area contributed by atoms with Gasteiger partial charge in [-0.2, -0.15) is 0 Å². The number of nitrogens with one attached hydrogen (secondary N) is 2. The van der Waals surface area contributed by atoms with Crippen molar-refractivity contribution in [2.45, 2.75) is 6.54 Å². The molecular weight excluding hydrogens is 291 g/mol. The number of thiocarbonyl (C=S) groups is 1. The van der Waals surface area contributed by atoms with Crippen LogP contribution in [0.3, 0.4) is 0 Å². The van der Waals surface area contributed by atoms with Crippen LogP contribution in [0.4, 0.5) is 10.1 Å². The lowest BCUT2D eigenvalue weighted by Crippen LogP contribution is -2.27. The molecular formula is C12H10ClFN2S2. The van der Waals surface area contributed by atoms with E-state index in [1.807, 2.05) is 17.5 Å². The molecule has 18 heavy (non-hydrogen) atoms. The Kier molecular flexibility index (Phi) is 4.52. The van der Waals surface area contributed by atoms with Crippen LogP contribution in [0.1, 0.15) is 4.88 Å². The van der Waals surface area contributed by atoms with E-state index >= 15 is 0 Å². The van der Waals surface area contributed by atoms with E-state index in [1.165, 1.54) is 17.0 Å². The lowest BCUT2D eigenvalue weighted by Gasteiger charge is -2.10. The lowest BCUT2D eigenvalue weighted by molar-refractivity contribution is 0.628. The van der Waals surface area contributed by atoms with Crippen molar-refractivity contribution >= 4 is 46.0 Å². The molecule has 6 heteroatoms. The van der Waals surface area contributed by atoms with Crippen molar-refractivity contribution in [2.24, 2.45) is 0 Å². The summed E-state index contributed by atoms with van der Waals surface area (Å²) >= 11 is 12.5. The average Bonchev–Trinajstić information content (AvgIpc) is 2.84. The molecule has 0 atom stereocenters. The maximum Gasteiger partial charge on any atom is 0.171 e. The molecule has 2 aromatic rings. The first-order chi connectivity index (χ1) is 8.65. The van der Waals surface area contributed by atoms with Gasteiger partial charge in [0.2, 0.25) is 0 Å². The van der Waals surface area contributed by atoms with Gasteiger partial charge in [-0.05, 0) is 41.9 Å². The van der Waals surface area contributed by atoms with Crippen molar-refractivity contribution in [3.8, 4) is 0 Å². The molecule has 2 nitrogen and oxygen atoms in total. The van der Waals surface area contributed by atoms with Gasteiger partial charge in [0.25, 0.3) is 0 Å². The molecule has 0 amide bonds. The summed E-state index contributed by atoms with van der Waals surface area (Å²) in [6, 6.07) is 8.38. The van der Waals surface area contributed by atoms with Crippen molar-refractivity contribution in [1.82, 2.24) is 5.32 Å². The first-order valence-electron chi connectivity index (χ1n) is 5.17. The second-order valence-electron chi connectivity index (χ2n) is 3.52. The largest absolute Gasteiger partial charge is 0.358 e. The summed E-state index contributed by atoms with van der Waals surface area (Å²) in [6.07, 6.45) is 0. The van der Waals surface area contributed by atoms with Crippen LogP contribution in [0.2, 0.25) is 5.02 Å². The molecule has 0 bridgehead atoms. The number of benzene rings is 1. The molecule has 0 saturated carbocycles. The molecule has 1 aromatic heterocycles. The Hall–Kier alpha value is -1.17. The van der Waals surface area contributed by atoms with E-state index in [2.05, 4.69) is 10.6 Å². The van der Waals surface area contributed by atoms with E-state index in [0.717, 1.165) is 0 Å². The zero-order valence-electron chi connectivity index (χ0n) is 9.24. The molecule has 0 aliphatic heterocycles. The van der Waals surface area contributed by atoms with Gasteiger partial charge < -0.3 is 10.6 Å². The summed E-state index contributed by atoms with van der Waals surface area (Å²) < 4.78 is 13.0. The molecule has 0 spiro atoms. The minimum Gasteiger partial charge on any atom is -0.358 e. The number of halogens is 2. The van der Waals surface area contributed by atoms with Gasteiger partial charge in [-0.15, -0.1) is 11.3 Å². The van der Waals surface area contributed by atoms with E-state index in [1.54, 1.807) is 17.4 Å². The molecule has 0 saturated heterocycles. The second-order valence-corrected chi connectivity index (χ2v) is 5.36. The molecule has 0 radical (unpaired) electrons. The normalized spacial score (nSPS) is 10.1. The van der Waals surface area contributed by atoms with Crippen LogP contribution in [0.25, 0.3) is 0 Å². The number of rotatable bonds is 3. The van der Waals surface area contributed by atoms with Gasteiger partial charge in [-0.25, -0.2) is 4.39 Å². The first-order valence-corrected chi connectivity index (χ1v) is 6.84. The highest BCUT2D eigenvalue weighted by molar-refractivity contribution is 7.80. The first kappa shape index (κ1) is 13.3. The molecule has 0 fully saturated rings.